The van der Waals surface area contributed by atoms with Crippen molar-refractivity contribution in [2.75, 3.05) is 0 Å². The molecule has 56 heavy (non-hydrogen) atoms. The predicted octanol–water partition coefficient (Wildman–Crippen LogP) is 14.0. The first-order valence-electron chi connectivity index (χ1n) is 19.5. The summed E-state index contributed by atoms with van der Waals surface area (Å²) in [7, 11) is 0. The van der Waals surface area contributed by atoms with Gasteiger partial charge in [-0.1, -0.05) is 76.3 Å². The van der Waals surface area contributed by atoms with E-state index in [9.17, 15) is 0 Å². The van der Waals surface area contributed by atoms with Crippen LogP contribution in [0.3, 0.4) is 0 Å². The SMILES string of the molecule is CC(C)c1ccnc(-c2[c-]ccc3c2oc2c4cc[c]([Ge]([CH3])([CH3])[CH3])cc4ccc32)c1.CC(C)c1ccnc(-c2[c-]ccc3c2oc2cc(C(C)C)ccc23)c1.[Ir]. The molecule has 0 aliphatic rings. The van der Waals surface area contributed by atoms with Crippen LogP contribution in [0.1, 0.15) is 76.0 Å². The van der Waals surface area contributed by atoms with Gasteiger partial charge in [0.2, 0.25) is 0 Å². The first kappa shape index (κ1) is 39.7. The summed E-state index contributed by atoms with van der Waals surface area (Å²) in [5, 5.41) is 6.97. The summed E-state index contributed by atoms with van der Waals surface area (Å²) in [6, 6.07) is 41.1. The van der Waals surface area contributed by atoms with Gasteiger partial charge in [-0.05, 0) is 35.2 Å². The van der Waals surface area contributed by atoms with Crippen LogP contribution in [-0.4, -0.2) is 23.2 Å². The summed E-state index contributed by atoms with van der Waals surface area (Å²) >= 11 is -1.88. The standard InChI is InChI=1S/C27H26GeNO.C23H22NO.Ir/c1-17(2)18-13-14-29-25(16-18)24-8-6-7-22-23-11-9-19-15-20(28(3,4)5)10-12-21(19)26(23)30-27(22)24;1-14(2)16-8-9-18-19-6-5-7-20(23(19)25-22(18)13-16)21-12-17(15(3)4)10-11-24-21;/h6-7,9-17H,1-5H3;5-6,8-15H,1-4H3;/q2*-1;. The molecule has 0 N–H and O–H groups in total. The van der Waals surface area contributed by atoms with Crippen LogP contribution in [0, 0.1) is 12.1 Å². The Morgan fingerprint density at radius 3 is 1.57 bits per heavy atom. The average Bonchev–Trinajstić information content (AvgIpc) is 3.76. The molecule has 9 rings (SSSR count). The van der Waals surface area contributed by atoms with Gasteiger partial charge in [-0.3, -0.25) is 0 Å². The number of furan rings is 2. The number of benzene rings is 5. The van der Waals surface area contributed by atoms with Crippen LogP contribution in [-0.2, 0) is 20.1 Å². The molecule has 285 valence electrons. The first-order chi connectivity index (χ1) is 26.4. The fourth-order valence-corrected chi connectivity index (χ4v) is 9.84. The Morgan fingerprint density at radius 2 is 1.00 bits per heavy atom. The van der Waals surface area contributed by atoms with Crippen molar-refractivity contribution in [1.82, 2.24) is 9.97 Å². The van der Waals surface area contributed by atoms with Crippen LogP contribution < -0.4 is 4.40 Å². The number of hydrogen-bond donors (Lipinski definition) is 0. The quantitative estimate of drug-likeness (QED) is 0.123. The zero-order valence-corrected chi connectivity index (χ0v) is 38.2. The number of rotatable bonds is 6. The average molecular weight is 974 g/mol. The topological polar surface area (TPSA) is 52.1 Å². The minimum Gasteiger partial charge on any atom is -0.501 e. The van der Waals surface area contributed by atoms with Gasteiger partial charge in [0.05, 0.1) is 5.58 Å². The molecule has 5 aromatic carbocycles. The second-order valence-corrected chi connectivity index (χ2v) is 27.3. The van der Waals surface area contributed by atoms with Gasteiger partial charge < -0.3 is 9.40 Å². The van der Waals surface area contributed by atoms with E-state index in [-0.39, 0.29) is 20.1 Å². The van der Waals surface area contributed by atoms with Crippen molar-refractivity contribution < 1.29 is 28.9 Å². The molecule has 0 saturated carbocycles. The molecule has 0 spiro atoms. The molecule has 0 aliphatic heterocycles. The summed E-state index contributed by atoms with van der Waals surface area (Å²) in [5.41, 5.74) is 11.1. The van der Waals surface area contributed by atoms with Crippen molar-refractivity contribution in [1.29, 1.82) is 0 Å². The Labute approximate surface area is 346 Å². The summed E-state index contributed by atoms with van der Waals surface area (Å²) < 4.78 is 14.3. The Balaban J connectivity index is 0.000000171. The monoisotopic (exact) mass is 975 g/mol. The van der Waals surface area contributed by atoms with Crippen LogP contribution in [0.25, 0.3) is 77.2 Å². The Kier molecular flexibility index (Phi) is 11.2. The summed E-state index contributed by atoms with van der Waals surface area (Å²) in [4.78, 5) is 9.20. The van der Waals surface area contributed by atoms with Crippen LogP contribution >= 0.6 is 0 Å². The predicted molar refractivity (Wildman–Crippen MR) is 234 cm³/mol. The zero-order valence-electron chi connectivity index (χ0n) is 33.7. The van der Waals surface area contributed by atoms with E-state index < -0.39 is 13.3 Å². The van der Waals surface area contributed by atoms with E-state index in [0.29, 0.717) is 17.8 Å². The summed E-state index contributed by atoms with van der Waals surface area (Å²) in [5.74, 6) is 8.69. The van der Waals surface area contributed by atoms with Gasteiger partial charge in [-0.25, -0.2) is 0 Å². The molecule has 0 amide bonds. The van der Waals surface area contributed by atoms with Gasteiger partial charge >= 0.3 is 167 Å². The normalized spacial score (nSPS) is 12.0. The maximum atomic E-state index is 6.52. The maximum Gasteiger partial charge on any atom is 0.121 e. The third-order valence-corrected chi connectivity index (χ3v) is 15.1. The number of pyridine rings is 2. The fourth-order valence-electron chi connectivity index (χ4n) is 7.38. The third-order valence-electron chi connectivity index (χ3n) is 10.8. The fraction of sp³-hybridized carbons (Fsp3) is 0.240. The van der Waals surface area contributed by atoms with E-state index in [1.54, 1.807) is 0 Å². The Morgan fingerprint density at radius 1 is 0.500 bits per heavy atom. The molecule has 4 heterocycles. The molecule has 0 unspecified atom stereocenters. The van der Waals surface area contributed by atoms with Gasteiger partial charge in [-0.2, -0.15) is 0 Å². The number of aromatic nitrogens is 2. The molecule has 9 aromatic rings. The second kappa shape index (κ2) is 15.8. The molecule has 4 nitrogen and oxygen atoms in total. The van der Waals surface area contributed by atoms with Crippen molar-refractivity contribution in [2.45, 2.75) is 76.6 Å². The molecule has 0 bridgehead atoms. The van der Waals surface area contributed by atoms with Crippen molar-refractivity contribution in [3.63, 3.8) is 0 Å². The minimum absolute atomic E-state index is 0. The minimum atomic E-state index is -1.88. The van der Waals surface area contributed by atoms with Gasteiger partial charge in [0.25, 0.3) is 0 Å². The molecule has 0 fully saturated rings. The van der Waals surface area contributed by atoms with E-state index in [1.807, 2.05) is 24.5 Å². The van der Waals surface area contributed by atoms with E-state index in [2.05, 4.69) is 166 Å². The van der Waals surface area contributed by atoms with Crippen LogP contribution in [0.15, 0.2) is 118 Å². The maximum absolute atomic E-state index is 6.52. The summed E-state index contributed by atoms with van der Waals surface area (Å²) in [6.45, 7) is 13.2. The van der Waals surface area contributed by atoms with Crippen LogP contribution in [0.2, 0.25) is 17.3 Å². The summed E-state index contributed by atoms with van der Waals surface area (Å²) in [6.07, 6.45) is 3.76. The van der Waals surface area contributed by atoms with Gasteiger partial charge in [0.1, 0.15) is 5.58 Å². The van der Waals surface area contributed by atoms with Crippen molar-refractivity contribution >= 4 is 72.3 Å². The third kappa shape index (κ3) is 7.50. The van der Waals surface area contributed by atoms with Gasteiger partial charge in [-0.15, -0.1) is 18.2 Å². The van der Waals surface area contributed by atoms with E-state index in [4.69, 9.17) is 8.83 Å². The number of nitrogens with zero attached hydrogens (tertiary/aromatic N) is 2. The molecular weight excluding hydrogens is 925 g/mol. The molecule has 0 atom stereocenters. The van der Waals surface area contributed by atoms with E-state index in [0.717, 1.165) is 66.4 Å². The van der Waals surface area contributed by atoms with Crippen LogP contribution in [0.4, 0.5) is 0 Å². The largest absolute Gasteiger partial charge is 0.501 e. The number of hydrogen-bond acceptors (Lipinski definition) is 4. The van der Waals surface area contributed by atoms with Crippen molar-refractivity contribution in [2.24, 2.45) is 0 Å². The Bertz CT molecular complexity index is 2860. The number of fused-ring (bicyclic) bond motifs is 8. The molecule has 0 aliphatic carbocycles. The van der Waals surface area contributed by atoms with E-state index in [1.165, 1.54) is 31.9 Å². The van der Waals surface area contributed by atoms with Crippen molar-refractivity contribution in [3.8, 4) is 22.5 Å². The smallest absolute Gasteiger partial charge is 0.121 e. The second-order valence-electron chi connectivity index (χ2n) is 16.7. The Hall–Kier alpha value is -4.55. The first-order valence-corrected chi connectivity index (χ1v) is 26.8. The van der Waals surface area contributed by atoms with Gasteiger partial charge in [0.15, 0.2) is 0 Å². The van der Waals surface area contributed by atoms with E-state index >= 15 is 0 Å². The molecule has 4 aromatic heterocycles. The molecule has 0 saturated heterocycles. The molecule has 1 radical (unpaired) electrons. The van der Waals surface area contributed by atoms with Crippen LogP contribution in [0.5, 0.6) is 0 Å². The van der Waals surface area contributed by atoms with Crippen molar-refractivity contribution in [3.05, 3.63) is 138 Å². The van der Waals surface area contributed by atoms with Gasteiger partial charge in [0, 0.05) is 31.7 Å². The molecule has 6 heteroatoms. The zero-order chi connectivity index (χ0) is 38.6. The molecular formula is C50H48GeIrN2O2-2.